The summed E-state index contributed by atoms with van der Waals surface area (Å²) in [6.07, 6.45) is 0.233. The molecule has 0 saturated carbocycles. The first-order valence-corrected chi connectivity index (χ1v) is 9.07. The molecule has 0 aromatic heterocycles. The molecule has 124 valence electrons. The van der Waals surface area contributed by atoms with Gasteiger partial charge in [0.05, 0.1) is 17.4 Å². The molecule has 2 rings (SSSR count). The number of nitrogens with one attached hydrogen (secondary N) is 2. The number of Topliss-reactive ketones (excluding diaryl/α,β-unsaturated/α-hetero) is 1. The lowest BCUT2D eigenvalue weighted by Crippen LogP contribution is -2.44. The van der Waals surface area contributed by atoms with Crippen LogP contribution in [0.2, 0.25) is 0 Å². The molecule has 0 aliphatic carbocycles. The van der Waals surface area contributed by atoms with E-state index in [-0.39, 0.29) is 36.6 Å². The van der Waals surface area contributed by atoms with Crippen molar-refractivity contribution in [3.63, 3.8) is 0 Å². The van der Waals surface area contributed by atoms with Crippen LogP contribution in [0.1, 0.15) is 29.6 Å². The molecule has 0 spiro atoms. The van der Waals surface area contributed by atoms with E-state index >= 15 is 0 Å². The highest BCUT2D eigenvalue weighted by molar-refractivity contribution is 7.91. The van der Waals surface area contributed by atoms with E-state index < -0.39 is 27.6 Å². The van der Waals surface area contributed by atoms with Gasteiger partial charge < -0.3 is 0 Å². The van der Waals surface area contributed by atoms with Crippen molar-refractivity contribution in [2.24, 2.45) is 5.92 Å². The predicted octanol–water partition coefficient (Wildman–Crippen LogP) is 0.232. The topological polar surface area (TPSA) is 109 Å². The van der Waals surface area contributed by atoms with E-state index in [9.17, 15) is 22.8 Å². The van der Waals surface area contributed by atoms with Gasteiger partial charge in [-0.15, -0.1) is 0 Å². The Labute approximate surface area is 134 Å². The summed E-state index contributed by atoms with van der Waals surface area (Å²) < 4.78 is 22.6. The van der Waals surface area contributed by atoms with Gasteiger partial charge in [0.25, 0.3) is 0 Å². The molecule has 1 aromatic rings. The molecular weight excluding hydrogens is 320 g/mol. The molecule has 1 aromatic carbocycles. The van der Waals surface area contributed by atoms with Crippen LogP contribution < -0.4 is 10.9 Å². The second-order valence-electron chi connectivity index (χ2n) is 5.43. The monoisotopic (exact) mass is 338 g/mol. The Balaban J connectivity index is 1.71. The number of carbonyl (C=O) groups excluding carboxylic acids is 3. The first-order chi connectivity index (χ1) is 10.9. The Morgan fingerprint density at radius 2 is 1.74 bits per heavy atom. The smallest absolute Gasteiger partial charge is 0.242 e. The Morgan fingerprint density at radius 3 is 2.35 bits per heavy atom. The Morgan fingerprint density at radius 1 is 1.04 bits per heavy atom. The summed E-state index contributed by atoms with van der Waals surface area (Å²) in [6.45, 7) is 0. The fourth-order valence-corrected chi connectivity index (χ4v) is 4.03. The number of benzene rings is 1. The quantitative estimate of drug-likeness (QED) is 0.590. The average molecular weight is 338 g/mol. The van der Waals surface area contributed by atoms with Crippen LogP contribution in [0.5, 0.6) is 0 Å². The Bertz CT molecular complexity index is 700. The van der Waals surface area contributed by atoms with Crippen molar-refractivity contribution >= 4 is 27.4 Å². The standard InChI is InChI=1S/C15H18N2O5S/c18-13(11-4-2-1-3-5-11)6-7-14(19)16-17-15(20)12-8-9-23(21,22)10-12/h1-5,12H,6-10H2,(H,16,19)(H,17,20)/t12-/m0/s1. The van der Waals surface area contributed by atoms with Crippen LogP contribution in [0.4, 0.5) is 0 Å². The molecule has 1 atom stereocenters. The number of ketones is 1. The molecule has 0 bridgehead atoms. The fourth-order valence-electron chi connectivity index (χ4n) is 2.29. The first kappa shape index (κ1) is 17.1. The third-order valence-corrected chi connectivity index (χ3v) is 5.37. The number of hydrazine groups is 1. The maximum Gasteiger partial charge on any atom is 0.242 e. The third kappa shape index (κ3) is 5.17. The van der Waals surface area contributed by atoms with Gasteiger partial charge in [0, 0.05) is 18.4 Å². The van der Waals surface area contributed by atoms with E-state index in [0.29, 0.717) is 5.56 Å². The summed E-state index contributed by atoms with van der Waals surface area (Å²) in [5.41, 5.74) is 4.95. The molecule has 7 nitrogen and oxygen atoms in total. The Kier molecular flexibility index (Phi) is 5.49. The second kappa shape index (κ2) is 7.36. The van der Waals surface area contributed by atoms with E-state index in [0.717, 1.165) is 0 Å². The van der Waals surface area contributed by atoms with Gasteiger partial charge >= 0.3 is 0 Å². The number of carbonyl (C=O) groups is 3. The minimum atomic E-state index is -3.15. The molecule has 0 radical (unpaired) electrons. The third-order valence-electron chi connectivity index (χ3n) is 3.60. The maximum atomic E-state index is 11.8. The van der Waals surface area contributed by atoms with E-state index in [1.807, 2.05) is 0 Å². The van der Waals surface area contributed by atoms with Gasteiger partial charge in [-0.05, 0) is 6.42 Å². The van der Waals surface area contributed by atoms with Crippen LogP contribution >= 0.6 is 0 Å². The zero-order valence-electron chi connectivity index (χ0n) is 12.4. The van der Waals surface area contributed by atoms with Gasteiger partial charge in [-0.25, -0.2) is 8.42 Å². The lowest BCUT2D eigenvalue weighted by molar-refractivity contribution is -0.130. The van der Waals surface area contributed by atoms with Gasteiger partial charge in [-0.3, -0.25) is 25.2 Å². The van der Waals surface area contributed by atoms with Crippen LogP contribution in [0.25, 0.3) is 0 Å². The van der Waals surface area contributed by atoms with Crippen LogP contribution in [-0.4, -0.2) is 37.5 Å². The number of sulfone groups is 1. The molecule has 1 aliphatic rings. The molecule has 2 N–H and O–H groups in total. The van der Waals surface area contributed by atoms with Crippen LogP contribution in [0.15, 0.2) is 30.3 Å². The van der Waals surface area contributed by atoms with E-state index in [1.165, 1.54) is 0 Å². The average Bonchev–Trinajstić information content (AvgIpc) is 2.91. The largest absolute Gasteiger partial charge is 0.294 e. The Hall–Kier alpha value is -2.22. The molecule has 0 unspecified atom stereocenters. The van der Waals surface area contributed by atoms with Gasteiger partial charge in [-0.1, -0.05) is 30.3 Å². The van der Waals surface area contributed by atoms with E-state index in [1.54, 1.807) is 30.3 Å². The fraction of sp³-hybridized carbons (Fsp3) is 0.400. The maximum absolute atomic E-state index is 11.8. The number of hydrogen-bond acceptors (Lipinski definition) is 5. The lowest BCUT2D eigenvalue weighted by Gasteiger charge is -2.10. The lowest BCUT2D eigenvalue weighted by atomic mass is 10.1. The highest BCUT2D eigenvalue weighted by Crippen LogP contribution is 2.17. The molecule has 8 heteroatoms. The molecule has 1 fully saturated rings. The summed E-state index contributed by atoms with van der Waals surface area (Å²) >= 11 is 0. The summed E-state index contributed by atoms with van der Waals surface area (Å²) in [4.78, 5) is 35.2. The van der Waals surface area contributed by atoms with Gasteiger partial charge in [-0.2, -0.15) is 0 Å². The van der Waals surface area contributed by atoms with Crippen molar-refractivity contribution < 1.29 is 22.8 Å². The van der Waals surface area contributed by atoms with Crippen molar-refractivity contribution in [2.75, 3.05) is 11.5 Å². The zero-order valence-corrected chi connectivity index (χ0v) is 13.3. The molecule has 1 aliphatic heterocycles. The van der Waals surface area contributed by atoms with Gasteiger partial charge in [0.2, 0.25) is 11.8 Å². The molecular formula is C15H18N2O5S. The summed E-state index contributed by atoms with van der Waals surface area (Å²) in [6, 6.07) is 8.61. The van der Waals surface area contributed by atoms with Crippen LogP contribution in [-0.2, 0) is 19.4 Å². The highest BCUT2D eigenvalue weighted by Gasteiger charge is 2.33. The molecule has 2 amide bonds. The van der Waals surface area contributed by atoms with Crippen molar-refractivity contribution in [3.05, 3.63) is 35.9 Å². The minimum Gasteiger partial charge on any atom is -0.294 e. The van der Waals surface area contributed by atoms with E-state index in [4.69, 9.17) is 0 Å². The van der Waals surface area contributed by atoms with Crippen molar-refractivity contribution in [3.8, 4) is 0 Å². The van der Waals surface area contributed by atoms with Crippen LogP contribution in [0, 0.1) is 5.92 Å². The highest BCUT2D eigenvalue weighted by atomic mass is 32.2. The van der Waals surface area contributed by atoms with Crippen molar-refractivity contribution in [1.82, 2.24) is 10.9 Å². The summed E-state index contributed by atoms with van der Waals surface area (Å²) in [7, 11) is -3.15. The summed E-state index contributed by atoms with van der Waals surface area (Å²) in [5, 5.41) is 0. The molecule has 23 heavy (non-hydrogen) atoms. The summed E-state index contributed by atoms with van der Waals surface area (Å²) in [5.74, 6) is -2.01. The minimum absolute atomic E-state index is 0.00931. The van der Waals surface area contributed by atoms with Gasteiger partial charge in [0.1, 0.15) is 0 Å². The molecule has 1 heterocycles. The predicted molar refractivity (Wildman–Crippen MR) is 83.1 cm³/mol. The normalized spacial score (nSPS) is 19.0. The van der Waals surface area contributed by atoms with Crippen molar-refractivity contribution in [1.29, 1.82) is 0 Å². The number of hydrogen-bond donors (Lipinski definition) is 2. The first-order valence-electron chi connectivity index (χ1n) is 7.25. The van der Waals surface area contributed by atoms with Crippen LogP contribution in [0.3, 0.4) is 0 Å². The number of rotatable bonds is 5. The second-order valence-corrected chi connectivity index (χ2v) is 7.66. The van der Waals surface area contributed by atoms with Crippen molar-refractivity contribution in [2.45, 2.75) is 19.3 Å². The molecule has 1 saturated heterocycles. The zero-order chi connectivity index (χ0) is 16.9. The SMILES string of the molecule is O=C(CCC(=O)c1ccccc1)NNC(=O)[C@H]1CCS(=O)(=O)C1. The number of amides is 2. The van der Waals surface area contributed by atoms with E-state index in [2.05, 4.69) is 10.9 Å². The van der Waals surface area contributed by atoms with Gasteiger partial charge in [0.15, 0.2) is 15.6 Å².